The number of rotatable bonds is 6. The zero-order valence-electron chi connectivity index (χ0n) is 15.7. The van der Waals surface area contributed by atoms with Gasteiger partial charge in [0, 0.05) is 37.9 Å². The molecule has 1 unspecified atom stereocenters. The molecule has 1 atom stereocenters. The van der Waals surface area contributed by atoms with Crippen LogP contribution in [0.1, 0.15) is 30.5 Å². The lowest BCUT2D eigenvalue weighted by Crippen LogP contribution is -2.40. The molecule has 0 radical (unpaired) electrons. The van der Waals surface area contributed by atoms with Crippen LogP contribution in [0.15, 0.2) is 36.5 Å². The summed E-state index contributed by atoms with van der Waals surface area (Å²) in [6, 6.07) is 9.25. The van der Waals surface area contributed by atoms with E-state index in [2.05, 4.69) is 20.9 Å². The molecule has 1 aromatic carbocycles. The first-order valence-electron chi connectivity index (χ1n) is 9.48. The molecule has 1 saturated heterocycles. The normalized spacial score (nSPS) is 20.4. The van der Waals surface area contributed by atoms with E-state index in [9.17, 15) is 13.2 Å². The predicted molar refractivity (Wildman–Crippen MR) is 99.2 cm³/mol. The summed E-state index contributed by atoms with van der Waals surface area (Å²) in [5.41, 5.74) is 0.280. The Morgan fingerprint density at radius 2 is 2.00 bits per heavy atom. The van der Waals surface area contributed by atoms with Crippen molar-refractivity contribution in [3.05, 3.63) is 47.8 Å². The number of aromatic nitrogens is 2. The summed E-state index contributed by atoms with van der Waals surface area (Å²) in [5, 5.41) is 0. The molecular weight excluding hydrogens is 369 g/mol. The van der Waals surface area contributed by atoms with E-state index < -0.39 is 11.9 Å². The average Bonchev–Trinajstić information content (AvgIpc) is 3.41. The van der Waals surface area contributed by atoms with Gasteiger partial charge >= 0.3 is 6.18 Å². The summed E-state index contributed by atoms with van der Waals surface area (Å²) in [7, 11) is 1.65. The van der Waals surface area contributed by atoms with Gasteiger partial charge in [0.25, 0.3) is 0 Å². The highest BCUT2D eigenvalue weighted by Gasteiger charge is 2.40. The van der Waals surface area contributed by atoms with Gasteiger partial charge in [-0.05, 0) is 43.0 Å². The van der Waals surface area contributed by atoms with Crippen LogP contribution in [0.3, 0.4) is 0 Å². The molecule has 0 N–H and O–H groups in total. The number of hydrogen-bond acceptors (Lipinski definition) is 5. The highest BCUT2D eigenvalue weighted by atomic mass is 19.4. The molecular formula is C20H23F3N4O. The van der Waals surface area contributed by atoms with Crippen molar-refractivity contribution in [2.75, 3.05) is 25.1 Å². The van der Waals surface area contributed by atoms with Crippen LogP contribution in [0.5, 0.6) is 5.75 Å². The second kappa shape index (κ2) is 7.58. The van der Waals surface area contributed by atoms with Crippen LogP contribution in [0.25, 0.3) is 0 Å². The van der Waals surface area contributed by atoms with Gasteiger partial charge in [-0.1, -0.05) is 12.1 Å². The number of benzene rings is 1. The predicted octanol–water partition coefficient (Wildman–Crippen LogP) is 3.75. The minimum absolute atomic E-state index is 0.126. The van der Waals surface area contributed by atoms with E-state index >= 15 is 0 Å². The van der Waals surface area contributed by atoms with Crippen molar-refractivity contribution >= 4 is 5.95 Å². The molecule has 2 aromatic rings. The molecule has 150 valence electrons. The highest BCUT2D eigenvalue weighted by Crippen LogP contribution is 2.36. The molecule has 2 heterocycles. The molecule has 1 aliphatic carbocycles. The van der Waals surface area contributed by atoms with Crippen molar-refractivity contribution in [3.63, 3.8) is 0 Å². The Bertz CT molecular complexity index is 825. The maximum atomic E-state index is 13.1. The molecule has 0 spiro atoms. The maximum absolute atomic E-state index is 13.1. The van der Waals surface area contributed by atoms with Crippen LogP contribution in [-0.4, -0.2) is 47.2 Å². The second-order valence-corrected chi connectivity index (χ2v) is 7.41. The Labute approximate surface area is 162 Å². The van der Waals surface area contributed by atoms with Gasteiger partial charge < -0.3 is 9.64 Å². The molecule has 2 aliphatic rings. The zero-order chi connectivity index (χ0) is 19.7. The molecule has 1 aliphatic heterocycles. The molecule has 8 heteroatoms. The summed E-state index contributed by atoms with van der Waals surface area (Å²) in [5.74, 6) is 1.02. The monoisotopic (exact) mass is 392 g/mol. The second-order valence-electron chi connectivity index (χ2n) is 7.41. The van der Waals surface area contributed by atoms with Gasteiger partial charge in [0.05, 0.1) is 7.11 Å². The van der Waals surface area contributed by atoms with Crippen molar-refractivity contribution in [2.45, 2.75) is 44.1 Å². The summed E-state index contributed by atoms with van der Waals surface area (Å²) >= 11 is 0. The summed E-state index contributed by atoms with van der Waals surface area (Å²) < 4.78 is 44.5. The third-order valence-corrected chi connectivity index (χ3v) is 5.29. The third-order valence-electron chi connectivity index (χ3n) is 5.29. The Morgan fingerprint density at radius 1 is 1.18 bits per heavy atom. The van der Waals surface area contributed by atoms with E-state index in [1.807, 2.05) is 23.1 Å². The number of hydrogen-bond donors (Lipinski definition) is 0. The average molecular weight is 392 g/mol. The number of halogens is 3. The summed E-state index contributed by atoms with van der Waals surface area (Å²) in [4.78, 5) is 12.3. The smallest absolute Gasteiger partial charge is 0.433 e. The SMILES string of the molecule is COc1cccc(CN2CCC(N(c3nccc(C(F)(F)F)n3)C3CC3)C2)c1. The van der Waals surface area contributed by atoms with Gasteiger partial charge in [0.2, 0.25) is 5.95 Å². The fraction of sp³-hybridized carbons (Fsp3) is 0.500. The molecule has 5 nitrogen and oxygen atoms in total. The number of methoxy groups -OCH3 is 1. The van der Waals surface area contributed by atoms with Gasteiger partial charge in [0.1, 0.15) is 11.4 Å². The Kier molecular flexibility index (Phi) is 5.14. The van der Waals surface area contributed by atoms with E-state index in [1.165, 1.54) is 6.20 Å². The third kappa shape index (κ3) is 4.22. The standard InChI is InChI=1S/C20H23F3N4O/c1-28-17-4-2-3-14(11-17)12-26-10-8-16(13-26)27(15-5-6-15)19-24-9-7-18(25-19)20(21,22)23/h2-4,7,9,11,15-16H,5-6,8,10,12-13H2,1H3. The van der Waals surface area contributed by atoms with Crippen molar-refractivity contribution in [3.8, 4) is 5.75 Å². The number of nitrogens with zero attached hydrogens (tertiary/aromatic N) is 4. The number of ether oxygens (including phenoxy) is 1. The molecule has 2 fully saturated rings. The van der Waals surface area contributed by atoms with Crippen molar-refractivity contribution in [1.82, 2.24) is 14.9 Å². The highest BCUT2D eigenvalue weighted by molar-refractivity contribution is 5.38. The van der Waals surface area contributed by atoms with Crippen LogP contribution < -0.4 is 9.64 Å². The molecule has 1 aromatic heterocycles. The Hall–Kier alpha value is -2.35. The van der Waals surface area contributed by atoms with E-state index in [4.69, 9.17) is 4.74 Å². The lowest BCUT2D eigenvalue weighted by molar-refractivity contribution is -0.141. The first kappa shape index (κ1) is 19.0. The van der Waals surface area contributed by atoms with E-state index in [1.54, 1.807) is 7.11 Å². The van der Waals surface area contributed by atoms with Gasteiger partial charge in [-0.25, -0.2) is 9.97 Å². The topological polar surface area (TPSA) is 41.5 Å². The quantitative estimate of drug-likeness (QED) is 0.749. The fourth-order valence-electron chi connectivity index (χ4n) is 3.82. The minimum Gasteiger partial charge on any atom is -0.497 e. The summed E-state index contributed by atoms with van der Waals surface area (Å²) in [6.45, 7) is 2.47. The van der Waals surface area contributed by atoms with Crippen LogP contribution in [0.4, 0.5) is 19.1 Å². The van der Waals surface area contributed by atoms with E-state index in [-0.39, 0.29) is 18.0 Å². The van der Waals surface area contributed by atoms with Gasteiger partial charge in [-0.3, -0.25) is 4.90 Å². The Balaban J connectivity index is 1.48. The van der Waals surface area contributed by atoms with Crippen molar-refractivity contribution in [1.29, 1.82) is 0 Å². The Morgan fingerprint density at radius 3 is 2.71 bits per heavy atom. The lowest BCUT2D eigenvalue weighted by Gasteiger charge is -2.29. The number of likely N-dealkylation sites (tertiary alicyclic amines) is 1. The number of anilines is 1. The first-order chi connectivity index (χ1) is 13.4. The maximum Gasteiger partial charge on any atom is 0.433 e. The van der Waals surface area contributed by atoms with Crippen molar-refractivity contribution in [2.24, 2.45) is 0 Å². The first-order valence-corrected chi connectivity index (χ1v) is 9.48. The fourth-order valence-corrected chi connectivity index (χ4v) is 3.82. The van der Waals surface area contributed by atoms with Crippen LogP contribution >= 0.6 is 0 Å². The minimum atomic E-state index is -4.46. The summed E-state index contributed by atoms with van der Waals surface area (Å²) in [6.07, 6.45) is -0.400. The molecule has 0 bridgehead atoms. The van der Waals surface area contributed by atoms with Gasteiger partial charge in [-0.15, -0.1) is 0 Å². The van der Waals surface area contributed by atoms with Crippen LogP contribution in [0.2, 0.25) is 0 Å². The van der Waals surface area contributed by atoms with E-state index in [0.29, 0.717) is 0 Å². The van der Waals surface area contributed by atoms with Crippen LogP contribution in [-0.2, 0) is 12.7 Å². The van der Waals surface area contributed by atoms with Gasteiger partial charge in [0.15, 0.2) is 0 Å². The van der Waals surface area contributed by atoms with Gasteiger partial charge in [-0.2, -0.15) is 13.2 Å². The molecule has 0 amide bonds. The largest absolute Gasteiger partial charge is 0.497 e. The van der Waals surface area contributed by atoms with Crippen LogP contribution in [0, 0.1) is 0 Å². The molecule has 1 saturated carbocycles. The zero-order valence-corrected chi connectivity index (χ0v) is 15.7. The molecule has 28 heavy (non-hydrogen) atoms. The number of alkyl halides is 3. The lowest BCUT2D eigenvalue weighted by atomic mass is 10.2. The molecule has 4 rings (SSSR count). The van der Waals surface area contributed by atoms with Crippen molar-refractivity contribution < 1.29 is 17.9 Å². The van der Waals surface area contributed by atoms with E-state index in [0.717, 1.165) is 56.3 Å².